The number of benzene rings is 3. The van der Waals surface area contributed by atoms with Gasteiger partial charge in [-0.05, 0) is 47.7 Å². The van der Waals surface area contributed by atoms with Crippen LogP contribution in [0.5, 0.6) is 0 Å². The summed E-state index contributed by atoms with van der Waals surface area (Å²) < 4.78 is 2.57. The van der Waals surface area contributed by atoms with Crippen LogP contribution in [-0.4, -0.2) is 9.55 Å². The van der Waals surface area contributed by atoms with E-state index in [0.29, 0.717) is 5.92 Å². The van der Waals surface area contributed by atoms with Gasteiger partial charge >= 0.3 is 0 Å². The van der Waals surface area contributed by atoms with Gasteiger partial charge in [0.2, 0.25) is 0 Å². The molecule has 0 bridgehead atoms. The fourth-order valence-corrected chi connectivity index (χ4v) is 4.97. The second kappa shape index (κ2) is 9.62. The van der Waals surface area contributed by atoms with Crippen LogP contribution in [0.1, 0.15) is 39.5 Å². The highest BCUT2D eigenvalue weighted by Crippen LogP contribution is 2.34. The molecule has 0 saturated carbocycles. The SMILES string of the molecule is CCCCC(CC)Cn1c2ccccc2c2ccc(-c3ccc(-c4ccccn4)cc3)cc21. The lowest BCUT2D eigenvalue weighted by Crippen LogP contribution is -2.10. The number of para-hydroxylation sites is 1. The lowest BCUT2D eigenvalue weighted by Gasteiger charge is -2.17. The van der Waals surface area contributed by atoms with Gasteiger partial charge in [0.1, 0.15) is 0 Å². The summed E-state index contributed by atoms with van der Waals surface area (Å²) in [7, 11) is 0. The molecular weight excluding hydrogens is 400 g/mol. The fourth-order valence-electron chi connectivity index (χ4n) is 4.97. The summed E-state index contributed by atoms with van der Waals surface area (Å²) in [6.07, 6.45) is 6.95. The van der Waals surface area contributed by atoms with Gasteiger partial charge < -0.3 is 4.57 Å². The van der Waals surface area contributed by atoms with E-state index in [1.165, 1.54) is 58.6 Å². The van der Waals surface area contributed by atoms with Gasteiger partial charge in [-0.15, -0.1) is 0 Å². The van der Waals surface area contributed by atoms with Crippen molar-refractivity contribution in [1.82, 2.24) is 9.55 Å². The highest BCUT2D eigenvalue weighted by atomic mass is 15.0. The number of pyridine rings is 1. The van der Waals surface area contributed by atoms with Crippen molar-refractivity contribution in [2.75, 3.05) is 0 Å². The van der Waals surface area contributed by atoms with Crippen molar-refractivity contribution >= 4 is 21.8 Å². The van der Waals surface area contributed by atoms with Gasteiger partial charge in [-0.3, -0.25) is 4.98 Å². The number of aromatic nitrogens is 2. The van der Waals surface area contributed by atoms with Crippen LogP contribution in [0.25, 0.3) is 44.2 Å². The smallest absolute Gasteiger partial charge is 0.0701 e. The van der Waals surface area contributed by atoms with Crippen LogP contribution in [0.4, 0.5) is 0 Å². The van der Waals surface area contributed by atoms with Crippen molar-refractivity contribution in [2.45, 2.75) is 46.1 Å². The summed E-state index contributed by atoms with van der Waals surface area (Å²) >= 11 is 0. The average molecular weight is 433 g/mol. The maximum atomic E-state index is 4.48. The first kappa shape index (κ1) is 21.5. The standard InChI is InChI=1S/C31H32N2/c1-3-5-10-23(4-2)22-33-30-13-7-6-11-27(30)28-19-18-26(21-31(28)33)24-14-16-25(17-15-24)29-12-8-9-20-32-29/h6-9,11-21,23H,3-5,10,22H2,1-2H3. The molecule has 0 radical (unpaired) electrons. The first-order valence-electron chi connectivity index (χ1n) is 12.3. The Morgan fingerprint density at radius 3 is 2.21 bits per heavy atom. The number of hydrogen-bond acceptors (Lipinski definition) is 1. The van der Waals surface area contributed by atoms with Crippen LogP contribution in [0.15, 0.2) is 91.1 Å². The van der Waals surface area contributed by atoms with Gasteiger partial charge in [-0.1, -0.05) is 93.8 Å². The Labute approximate surface area is 196 Å². The van der Waals surface area contributed by atoms with E-state index in [-0.39, 0.29) is 0 Å². The van der Waals surface area contributed by atoms with E-state index in [1.54, 1.807) is 0 Å². The average Bonchev–Trinajstić information content (AvgIpc) is 3.20. The van der Waals surface area contributed by atoms with Crippen LogP contribution in [-0.2, 0) is 6.54 Å². The Balaban J connectivity index is 1.56. The van der Waals surface area contributed by atoms with E-state index in [0.717, 1.165) is 17.8 Å². The molecule has 0 aliphatic carbocycles. The largest absolute Gasteiger partial charge is 0.340 e. The molecule has 2 nitrogen and oxygen atoms in total. The third-order valence-electron chi connectivity index (χ3n) is 6.94. The highest BCUT2D eigenvalue weighted by Gasteiger charge is 2.15. The summed E-state index contributed by atoms with van der Waals surface area (Å²) in [5, 5.41) is 2.71. The van der Waals surface area contributed by atoms with Crippen LogP contribution in [0.2, 0.25) is 0 Å². The predicted molar refractivity (Wildman–Crippen MR) is 141 cm³/mol. The molecule has 5 rings (SSSR count). The van der Waals surface area contributed by atoms with Crippen LogP contribution in [0, 0.1) is 5.92 Å². The first-order chi connectivity index (χ1) is 16.3. The molecule has 0 N–H and O–H groups in total. The highest BCUT2D eigenvalue weighted by molar-refractivity contribution is 6.09. The van der Waals surface area contributed by atoms with Gasteiger partial charge in [0.05, 0.1) is 5.69 Å². The molecule has 33 heavy (non-hydrogen) atoms. The molecule has 0 aliphatic heterocycles. The molecule has 2 heteroatoms. The van der Waals surface area contributed by atoms with Gasteiger partial charge in [-0.2, -0.15) is 0 Å². The summed E-state index contributed by atoms with van der Waals surface area (Å²) in [4.78, 5) is 4.48. The minimum Gasteiger partial charge on any atom is -0.340 e. The molecule has 1 atom stereocenters. The maximum absolute atomic E-state index is 4.48. The van der Waals surface area contributed by atoms with Crippen LogP contribution >= 0.6 is 0 Å². The van der Waals surface area contributed by atoms with E-state index >= 15 is 0 Å². The zero-order valence-electron chi connectivity index (χ0n) is 19.7. The molecule has 0 saturated heterocycles. The van der Waals surface area contributed by atoms with Crippen molar-refractivity contribution in [1.29, 1.82) is 0 Å². The minimum atomic E-state index is 0.713. The Hall–Kier alpha value is -3.39. The van der Waals surface area contributed by atoms with Crippen molar-refractivity contribution < 1.29 is 0 Å². The predicted octanol–water partition coefficient (Wildman–Crippen LogP) is 8.74. The Bertz CT molecular complexity index is 1350. The van der Waals surface area contributed by atoms with E-state index in [9.17, 15) is 0 Å². The molecular formula is C31H32N2. The molecule has 1 unspecified atom stereocenters. The molecule has 0 amide bonds. The van der Waals surface area contributed by atoms with Crippen molar-refractivity contribution in [2.24, 2.45) is 5.92 Å². The second-order valence-electron chi connectivity index (χ2n) is 9.07. The molecule has 0 spiro atoms. The molecule has 3 aromatic carbocycles. The Kier molecular flexibility index (Phi) is 6.26. The lowest BCUT2D eigenvalue weighted by molar-refractivity contribution is 0.401. The zero-order chi connectivity index (χ0) is 22.6. The molecule has 2 aromatic heterocycles. The van der Waals surface area contributed by atoms with Crippen molar-refractivity contribution in [3.8, 4) is 22.4 Å². The van der Waals surface area contributed by atoms with Gasteiger partial charge in [0.15, 0.2) is 0 Å². The summed E-state index contributed by atoms with van der Waals surface area (Å²) in [5.41, 5.74) is 7.36. The first-order valence-corrected chi connectivity index (χ1v) is 12.3. The van der Waals surface area contributed by atoms with Gasteiger partial charge in [0.25, 0.3) is 0 Å². The zero-order valence-corrected chi connectivity index (χ0v) is 19.7. The minimum absolute atomic E-state index is 0.713. The quantitative estimate of drug-likeness (QED) is 0.240. The van der Waals surface area contributed by atoms with Crippen LogP contribution < -0.4 is 0 Å². The third-order valence-corrected chi connectivity index (χ3v) is 6.94. The molecule has 0 fully saturated rings. The summed E-state index contributed by atoms with van der Waals surface area (Å²) in [6.45, 7) is 5.71. The normalized spacial score (nSPS) is 12.4. The second-order valence-corrected chi connectivity index (χ2v) is 9.07. The van der Waals surface area contributed by atoms with Crippen LogP contribution in [0.3, 0.4) is 0 Å². The number of rotatable bonds is 8. The molecule has 2 heterocycles. The van der Waals surface area contributed by atoms with Crippen molar-refractivity contribution in [3.05, 3.63) is 91.1 Å². The van der Waals surface area contributed by atoms with Crippen molar-refractivity contribution in [3.63, 3.8) is 0 Å². The number of hydrogen-bond donors (Lipinski definition) is 0. The Morgan fingerprint density at radius 1 is 0.727 bits per heavy atom. The lowest BCUT2D eigenvalue weighted by atomic mass is 9.99. The Morgan fingerprint density at radius 2 is 1.45 bits per heavy atom. The van der Waals surface area contributed by atoms with Gasteiger partial charge in [0, 0.05) is 40.1 Å². The molecule has 0 aliphatic rings. The number of unbranched alkanes of at least 4 members (excludes halogenated alkanes) is 1. The molecule has 5 aromatic rings. The topological polar surface area (TPSA) is 17.8 Å². The fraction of sp³-hybridized carbons (Fsp3) is 0.258. The summed E-state index contributed by atoms with van der Waals surface area (Å²) in [6, 6.07) is 30.7. The third kappa shape index (κ3) is 4.30. The number of fused-ring (bicyclic) bond motifs is 3. The van der Waals surface area contributed by atoms with Gasteiger partial charge in [-0.25, -0.2) is 0 Å². The summed E-state index contributed by atoms with van der Waals surface area (Å²) in [5.74, 6) is 0.713. The van der Waals surface area contributed by atoms with E-state index in [2.05, 4.69) is 96.2 Å². The maximum Gasteiger partial charge on any atom is 0.0701 e. The molecule has 166 valence electrons. The monoisotopic (exact) mass is 432 g/mol. The number of nitrogens with zero attached hydrogens (tertiary/aromatic N) is 2. The van der Waals surface area contributed by atoms with E-state index in [1.807, 2.05) is 18.3 Å². The van der Waals surface area contributed by atoms with E-state index in [4.69, 9.17) is 0 Å². The van der Waals surface area contributed by atoms with E-state index < -0.39 is 0 Å².